The SMILES string of the molecule is CN(Cc1ccccc1Cl)c1cccc(CNC2CC2)n1. The van der Waals surface area contributed by atoms with Gasteiger partial charge >= 0.3 is 0 Å². The van der Waals surface area contributed by atoms with Crippen LogP contribution in [-0.4, -0.2) is 18.1 Å². The maximum Gasteiger partial charge on any atom is 0.128 e. The molecule has 0 aliphatic heterocycles. The minimum atomic E-state index is 0.705. The summed E-state index contributed by atoms with van der Waals surface area (Å²) in [5.74, 6) is 0.977. The fourth-order valence-corrected chi connectivity index (χ4v) is 2.47. The van der Waals surface area contributed by atoms with Crippen molar-refractivity contribution < 1.29 is 0 Å². The Balaban J connectivity index is 1.67. The van der Waals surface area contributed by atoms with Gasteiger partial charge in [0.1, 0.15) is 5.82 Å². The third-order valence-corrected chi connectivity index (χ3v) is 4.07. The van der Waals surface area contributed by atoms with E-state index in [0.29, 0.717) is 6.04 Å². The minimum absolute atomic E-state index is 0.705. The highest BCUT2D eigenvalue weighted by molar-refractivity contribution is 6.31. The van der Waals surface area contributed by atoms with Crippen LogP contribution in [0.1, 0.15) is 24.1 Å². The second kappa shape index (κ2) is 6.46. The molecule has 110 valence electrons. The molecule has 2 aromatic rings. The Morgan fingerprint density at radius 3 is 2.76 bits per heavy atom. The topological polar surface area (TPSA) is 28.2 Å². The van der Waals surface area contributed by atoms with Gasteiger partial charge in [0.15, 0.2) is 0 Å². The van der Waals surface area contributed by atoms with Crippen LogP contribution < -0.4 is 10.2 Å². The number of nitrogens with one attached hydrogen (secondary N) is 1. The maximum atomic E-state index is 6.22. The van der Waals surface area contributed by atoms with Crippen LogP contribution in [0.2, 0.25) is 5.02 Å². The molecule has 1 aliphatic rings. The third kappa shape index (κ3) is 3.96. The van der Waals surface area contributed by atoms with Gasteiger partial charge in [0.2, 0.25) is 0 Å². The van der Waals surface area contributed by atoms with Crippen molar-refractivity contribution in [3.63, 3.8) is 0 Å². The molecule has 0 unspecified atom stereocenters. The lowest BCUT2D eigenvalue weighted by molar-refractivity contribution is 0.673. The van der Waals surface area contributed by atoms with E-state index in [1.165, 1.54) is 12.8 Å². The molecular weight excluding hydrogens is 282 g/mol. The number of anilines is 1. The Hall–Kier alpha value is -1.58. The third-order valence-electron chi connectivity index (χ3n) is 3.70. The molecule has 1 N–H and O–H groups in total. The number of hydrogen-bond acceptors (Lipinski definition) is 3. The highest BCUT2D eigenvalue weighted by Gasteiger charge is 2.20. The lowest BCUT2D eigenvalue weighted by Crippen LogP contribution is -2.20. The van der Waals surface area contributed by atoms with Gasteiger partial charge in [-0.15, -0.1) is 0 Å². The fourth-order valence-electron chi connectivity index (χ4n) is 2.28. The van der Waals surface area contributed by atoms with Gasteiger partial charge in [-0.05, 0) is 36.6 Å². The van der Waals surface area contributed by atoms with E-state index in [-0.39, 0.29) is 0 Å². The molecule has 0 atom stereocenters. The van der Waals surface area contributed by atoms with Crippen LogP contribution in [0.15, 0.2) is 42.5 Å². The quantitative estimate of drug-likeness (QED) is 0.883. The molecule has 1 fully saturated rings. The Morgan fingerprint density at radius 1 is 1.19 bits per heavy atom. The van der Waals surface area contributed by atoms with Gasteiger partial charge in [0, 0.05) is 31.2 Å². The predicted molar refractivity (Wildman–Crippen MR) is 87.7 cm³/mol. The van der Waals surface area contributed by atoms with Crippen LogP contribution in [0, 0.1) is 0 Å². The van der Waals surface area contributed by atoms with Gasteiger partial charge in [0.05, 0.1) is 5.69 Å². The monoisotopic (exact) mass is 301 g/mol. The summed E-state index contributed by atoms with van der Waals surface area (Å²) in [7, 11) is 2.05. The van der Waals surface area contributed by atoms with Crippen LogP contribution >= 0.6 is 11.6 Å². The summed E-state index contributed by atoms with van der Waals surface area (Å²) >= 11 is 6.22. The van der Waals surface area contributed by atoms with Gasteiger partial charge in [-0.25, -0.2) is 4.98 Å². The van der Waals surface area contributed by atoms with Gasteiger partial charge in [-0.2, -0.15) is 0 Å². The molecule has 3 nitrogen and oxygen atoms in total. The van der Waals surface area contributed by atoms with Crippen LogP contribution in [0.4, 0.5) is 5.82 Å². The van der Waals surface area contributed by atoms with E-state index in [1.54, 1.807) is 0 Å². The second-order valence-electron chi connectivity index (χ2n) is 5.59. The first kappa shape index (κ1) is 14.4. The summed E-state index contributed by atoms with van der Waals surface area (Å²) < 4.78 is 0. The second-order valence-corrected chi connectivity index (χ2v) is 6.00. The molecule has 1 aliphatic carbocycles. The van der Waals surface area contributed by atoms with E-state index in [1.807, 2.05) is 31.3 Å². The summed E-state index contributed by atoms with van der Waals surface area (Å²) in [4.78, 5) is 6.85. The Morgan fingerprint density at radius 2 is 2.00 bits per heavy atom. The number of benzene rings is 1. The van der Waals surface area contributed by atoms with Crippen LogP contribution in [0.3, 0.4) is 0 Å². The molecule has 1 aromatic carbocycles. The fraction of sp³-hybridized carbons (Fsp3) is 0.353. The average molecular weight is 302 g/mol. The molecule has 0 radical (unpaired) electrons. The molecule has 0 amide bonds. The van der Waals surface area contributed by atoms with E-state index in [0.717, 1.165) is 35.2 Å². The summed E-state index contributed by atoms with van der Waals surface area (Å²) in [5.41, 5.74) is 2.20. The van der Waals surface area contributed by atoms with Crippen molar-refractivity contribution in [3.8, 4) is 0 Å². The van der Waals surface area contributed by atoms with E-state index in [9.17, 15) is 0 Å². The standard InChI is InChI=1S/C17H20ClN3/c1-21(12-13-5-2-3-7-16(13)18)17-8-4-6-15(20-17)11-19-14-9-10-14/h2-8,14,19H,9-12H2,1H3. The smallest absolute Gasteiger partial charge is 0.128 e. The summed E-state index contributed by atoms with van der Waals surface area (Å²) in [5, 5.41) is 4.30. The lowest BCUT2D eigenvalue weighted by Gasteiger charge is -2.19. The molecule has 0 saturated heterocycles. The van der Waals surface area contributed by atoms with Crippen LogP contribution in [0.25, 0.3) is 0 Å². The average Bonchev–Trinajstić information content (AvgIpc) is 3.32. The Kier molecular flexibility index (Phi) is 4.42. The molecule has 1 heterocycles. The zero-order chi connectivity index (χ0) is 14.7. The van der Waals surface area contributed by atoms with Crippen molar-refractivity contribution in [1.29, 1.82) is 0 Å². The van der Waals surface area contributed by atoms with Gasteiger partial charge < -0.3 is 10.2 Å². The van der Waals surface area contributed by atoms with Crippen molar-refractivity contribution >= 4 is 17.4 Å². The number of aromatic nitrogens is 1. The van der Waals surface area contributed by atoms with Crippen LogP contribution in [0.5, 0.6) is 0 Å². The summed E-state index contributed by atoms with van der Waals surface area (Å²) in [6.45, 7) is 1.60. The van der Waals surface area contributed by atoms with Crippen molar-refractivity contribution in [2.45, 2.75) is 32.0 Å². The number of rotatable bonds is 6. The highest BCUT2D eigenvalue weighted by Crippen LogP contribution is 2.21. The molecule has 1 aromatic heterocycles. The Bertz CT molecular complexity index is 610. The highest BCUT2D eigenvalue weighted by atomic mass is 35.5. The molecule has 21 heavy (non-hydrogen) atoms. The molecular formula is C17H20ClN3. The molecule has 3 rings (SSSR count). The molecule has 0 spiro atoms. The summed E-state index contributed by atoms with van der Waals surface area (Å²) in [6, 6.07) is 14.8. The maximum absolute atomic E-state index is 6.22. The van der Waals surface area contributed by atoms with Gasteiger partial charge in [-0.1, -0.05) is 35.9 Å². The predicted octanol–water partition coefficient (Wildman–Crippen LogP) is 3.62. The van der Waals surface area contributed by atoms with Crippen molar-refractivity contribution in [2.24, 2.45) is 0 Å². The van der Waals surface area contributed by atoms with E-state index < -0.39 is 0 Å². The van der Waals surface area contributed by atoms with E-state index >= 15 is 0 Å². The number of nitrogens with zero attached hydrogens (tertiary/aromatic N) is 2. The first-order valence-electron chi connectivity index (χ1n) is 7.36. The normalized spacial score (nSPS) is 14.2. The first-order valence-corrected chi connectivity index (χ1v) is 7.74. The largest absolute Gasteiger partial charge is 0.355 e. The van der Waals surface area contributed by atoms with Crippen molar-refractivity contribution in [1.82, 2.24) is 10.3 Å². The molecule has 0 bridgehead atoms. The molecule has 1 saturated carbocycles. The number of pyridine rings is 1. The lowest BCUT2D eigenvalue weighted by atomic mass is 10.2. The van der Waals surface area contributed by atoms with Gasteiger partial charge in [0.25, 0.3) is 0 Å². The first-order chi connectivity index (χ1) is 10.2. The zero-order valence-electron chi connectivity index (χ0n) is 12.2. The van der Waals surface area contributed by atoms with Crippen molar-refractivity contribution in [3.05, 3.63) is 58.7 Å². The number of hydrogen-bond donors (Lipinski definition) is 1. The van der Waals surface area contributed by atoms with Crippen molar-refractivity contribution in [2.75, 3.05) is 11.9 Å². The zero-order valence-corrected chi connectivity index (χ0v) is 13.0. The Labute approximate surface area is 131 Å². The summed E-state index contributed by atoms with van der Waals surface area (Å²) in [6.07, 6.45) is 2.60. The van der Waals surface area contributed by atoms with E-state index in [2.05, 4.69) is 28.4 Å². The van der Waals surface area contributed by atoms with Gasteiger partial charge in [-0.3, -0.25) is 0 Å². The minimum Gasteiger partial charge on any atom is -0.355 e. The molecule has 4 heteroatoms. The van der Waals surface area contributed by atoms with Crippen LogP contribution in [-0.2, 0) is 13.1 Å². The van der Waals surface area contributed by atoms with E-state index in [4.69, 9.17) is 16.6 Å². The number of halogens is 1.